The van der Waals surface area contributed by atoms with Crippen molar-refractivity contribution in [2.24, 2.45) is 5.92 Å². The largest absolute Gasteiger partial charge is 0.394 e. The Balaban J connectivity index is 2.62. The minimum absolute atomic E-state index is 0.0533. The molecule has 0 bridgehead atoms. The number of aliphatic hydroxyl groups is 1. The molecule has 0 heterocycles. The van der Waals surface area contributed by atoms with Gasteiger partial charge in [0.2, 0.25) is 0 Å². The molecule has 2 N–H and O–H groups in total. The van der Waals surface area contributed by atoms with E-state index in [9.17, 15) is 5.11 Å². The first kappa shape index (κ1) is 15.9. The monoisotopic (exact) mass is 256 g/mol. The Hall–Kier alpha value is -0.120. The number of aliphatic hydroxyl groups excluding tert-OH is 1. The van der Waals surface area contributed by atoms with Crippen LogP contribution in [0.4, 0.5) is 0 Å². The second kappa shape index (κ2) is 6.88. The van der Waals surface area contributed by atoms with Crippen LogP contribution in [-0.4, -0.2) is 47.8 Å². The maximum atomic E-state index is 9.79. The Labute approximate surface area is 113 Å². The standard InChI is InChI=1S/C15H32N2O/c1-12(2)10-17(5)14-7-6-8-15(9-14,11-18)16-13(3)4/h12-14,16,18H,6-11H2,1-5H3. The highest BCUT2D eigenvalue weighted by atomic mass is 16.3. The Morgan fingerprint density at radius 3 is 2.50 bits per heavy atom. The zero-order valence-electron chi connectivity index (χ0n) is 12.9. The normalized spacial score (nSPS) is 29.5. The average Bonchev–Trinajstić information content (AvgIpc) is 2.27. The Kier molecular flexibility index (Phi) is 6.09. The van der Waals surface area contributed by atoms with Crippen molar-refractivity contribution in [3.05, 3.63) is 0 Å². The molecule has 0 aliphatic heterocycles. The van der Waals surface area contributed by atoms with Crippen LogP contribution in [0.1, 0.15) is 53.4 Å². The predicted molar refractivity (Wildman–Crippen MR) is 77.8 cm³/mol. The van der Waals surface area contributed by atoms with Crippen molar-refractivity contribution in [2.75, 3.05) is 20.2 Å². The fourth-order valence-electron chi connectivity index (χ4n) is 3.37. The van der Waals surface area contributed by atoms with E-state index in [1.165, 1.54) is 12.8 Å². The highest BCUT2D eigenvalue weighted by Gasteiger charge is 2.37. The molecule has 3 nitrogen and oxygen atoms in total. The number of hydrogen-bond acceptors (Lipinski definition) is 3. The molecule has 108 valence electrons. The Bertz CT molecular complexity index is 243. The van der Waals surface area contributed by atoms with Gasteiger partial charge in [-0.05, 0) is 38.6 Å². The number of nitrogens with one attached hydrogen (secondary N) is 1. The van der Waals surface area contributed by atoms with Gasteiger partial charge in [-0.2, -0.15) is 0 Å². The number of rotatable bonds is 6. The molecule has 3 heteroatoms. The summed E-state index contributed by atoms with van der Waals surface area (Å²) in [4.78, 5) is 2.48. The molecule has 0 aromatic carbocycles. The van der Waals surface area contributed by atoms with Gasteiger partial charge >= 0.3 is 0 Å². The first-order valence-electron chi connectivity index (χ1n) is 7.47. The molecular formula is C15H32N2O. The zero-order valence-corrected chi connectivity index (χ0v) is 12.9. The quantitative estimate of drug-likeness (QED) is 0.765. The van der Waals surface area contributed by atoms with Crippen molar-refractivity contribution in [1.29, 1.82) is 0 Å². The van der Waals surface area contributed by atoms with Gasteiger partial charge < -0.3 is 15.3 Å². The van der Waals surface area contributed by atoms with Crippen molar-refractivity contribution in [3.63, 3.8) is 0 Å². The zero-order chi connectivity index (χ0) is 13.8. The summed E-state index contributed by atoms with van der Waals surface area (Å²) in [5.41, 5.74) is -0.0533. The van der Waals surface area contributed by atoms with Crippen molar-refractivity contribution >= 4 is 0 Å². The summed E-state index contributed by atoms with van der Waals surface area (Å²) in [7, 11) is 2.23. The van der Waals surface area contributed by atoms with Crippen molar-refractivity contribution < 1.29 is 5.11 Å². The van der Waals surface area contributed by atoms with Gasteiger partial charge in [0.05, 0.1) is 6.61 Å². The third kappa shape index (κ3) is 4.52. The van der Waals surface area contributed by atoms with E-state index in [1.54, 1.807) is 0 Å². The van der Waals surface area contributed by atoms with E-state index in [-0.39, 0.29) is 12.1 Å². The molecule has 0 amide bonds. The predicted octanol–water partition coefficient (Wildman–Crippen LogP) is 2.25. The van der Waals surface area contributed by atoms with E-state index < -0.39 is 0 Å². The lowest BCUT2D eigenvalue weighted by atomic mass is 9.78. The lowest BCUT2D eigenvalue weighted by Crippen LogP contribution is -2.57. The molecule has 1 rings (SSSR count). The first-order valence-corrected chi connectivity index (χ1v) is 7.47. The van der Waals surface area contributed by atoms with Crippen molar-refractivity contribution in [3.8, 4) is 0 Å². The minimum Gasteiger partial charge on any atom is -0.394 e. The molecule has 1 fully saturated rings. The van der Waals surface area contributed by atoms with E-state index in [4.69, 9.17) is 0 Å². The number of nitrogens with zero attached hydrogens (tertiary/aromatic N) is 1. The van der Waals surface area contributed by atoms with Gasteiger partial charge in [0.15, 0.2) is 0 Å². The van der Waals surface area contributed by atoms with E-state index in [1.807, 2.05) is 0 Å². The van der Waals surface area contributed by atoms with Gasteiger partial charge in [0, 0.05) is 24.2 Å². The second-order valence-corrected chi connectivity index (χ2v) is 6.82. The molecule has 0 aromatic rings. The first-order chi connectivity index (χ1) is 8.38. The van der Waals surface area contributed by atoms with Gasteiger partial charge in [-0.3, -0.25) is 0 Å². The Morgan fingerprint density at radius 1 is 1.33 bits per heavy atom. The summed E-state index contributed by atoms with van der Waals surface area (Å²) in [6.07, 6.45) is 4.66. The van der Waals surface area contributed by atoms with E-state index in [0.29, 0.717) is 18.0 Å². The summed E-state index contributed by atoms with van der Waals surface area (Å²) in [5, 5.41) is 13.4. The van der Waals surface area contributed by atoms with Gasteiger partial charge in [-0.25, -0.2) is 0 Å². The van der Waals surface area contributed by atoms with Crippen LogP contribution < -0.4 is 5.32 Å². The topological polar surface area (TPSA) is 35.5 Å². The molecule has 2 unspecified atom stereocenters. The van der Waals surface area contributed by atoms with E-state index >= 15 is 0 Å². The smallest absolute Gasteiger partial charge is 0.0613 e. The van der Waals surface area contributed by atoms with Crippen LogP contribution in [0.15, 0.2) is 0 Å². The molecule has 0 aromatic heterocycles. The SMILES string of the molecule is CC(C)CN(C)C1CCCC(CO)(NC(C)C)C1. The van der Waals surface area contributed by atoms with Gasteiger partial charge in [0.1, 0.15) is 0 Å². The number of hydrogen-bond donors (Lipinski definition) is 2. The van der Waals surface area contributed by atoms with Crippen LogP contribution >= 0.6 is 0 Å². The van der Waals surface area contributed by atoms with Crippen LogP contribution in [0.2, 0.25) is 0 Å². The Morgan fingerprint density at radius 2 is 2.00 bits per heavy atom. The molecule has 0 spiro atoms. The molecule has 1 aliphatic rings. The highest BCUT2D eigenvalue weighted by Crippen LogP contribution is 2.31. The van der Waals surface area contributed by atoms with Crippen LogP contribution in [0, 0.1) is 5.92 Å². The fourth-order valence-corrected chi connectivity index (χ4v) is 3.37. The van der Waals surface area contributed by atoms with Crippen LogP contribution in [-0.2, 0) is 0 Å². The van der Waals surface area contributed by atoms with E-state index in [2.05, 4.69) is 45.0 Å². The molecule has 1 saturated carbocycles. The molecular weight excluding hydrogens is 224 g/mol. The lowest BCUT2D eigenvalue weighted by molar-refractivity contribution is 0.0602. The van der Waals surface area contributed by atoms with Crippen LogP contribution in [0.5, 0.6) is 0 Å². The molecule has 18 heavy (non-hydrogen) atoms. The second-order valence-electron chi connectivity index (χ2n) is 6.82. The van der Waals surface area contributed by atoms with Crippen LogP contribution in [0.25, 0.3) is 0 Å². The molecule has 2 atom stereocenters. The summed E-state index contributed by atoms with van der Waals surface area (Å²) in [5.74, 6) is 0.707. The molecule has 1 aliphatic carbocycles. The summed E-state index contributed by atoms with van der Waals surface area (Å²) < 4.78 is 0. The van der Waals surface area contributed by atoms with E-state index in [0.717, 1.165) is 19.4 Å². The maximum Gasteiger partial charge on any atom is 0.0613 e. The van der Waals surface area contributed by atoms with Crippen LogP contribution in [0.3, 0.4) is 0 Å². The molecule has 0 radical (unpaired) electrons. The van der Waals surface area contributed by atoms with Crippen molar-refractivity contribution in [2.45, 2.75) is 71.0 Å². The third-order valence-corrected chi connectivity index (χ3v) is 3.99. The highest BCUT2D eigenvalue weighted by molar-refractivity contribution is 4.96. The fraction of sp³-hybridized carbons (Fsp3) is 1.00. The third-order valence-electron chi connectivity index (χ3n) is 3.99. The summed E-state index contributed by atoms with van der Waals surface area (Å²) in [6, 6.07) is 1.05. The average molecular weight is 256 g/mol. The van der Waals surface area contributed by atoms with Gasteiger partial charge in [-0.1, -0.05) is 27.7 Å². The minimum atomic E-state index is -0.0533. The van der Waals surface area contributed by atoms with Crippen molar-refractivity contribution in [1.82, 2.24) is 10.2 Å². The summed E-state index contributed by atoms with van der Waals surface area (Å²) in [6.45, 7) is 10.3. The lowest BCUT2D eigenvalue weighted by Gasteiger charge is -2.45. The van der Waals surface area contributed by atoms with Gasteiger partial charge in [-0.15, -0.1) is 0 Å². The maximum absolute atomic E-state index is 9.79. The van der Waals surface area contributed by atoms with Gasteiger partial charge in [0.25, 0.3) is 0 Å². The summed E-state index contributed by atoms with van der Waals surface area (Å²) >= 11 is 0. The molecule has 0 saturated heterocycles.